The molecule has 1 N–H and O–H groups in total. The van der Waals surface area contributed by atoms with E-state index in [-0.39, 0.29) is 42.3 Å². The molecule has 6 nitrogen and oxygen atoms in total. The molecule has 1 unspecified atom stereocenters. The van der Waals surface area contributed by atoms with Crippen LogP contribution in [0.25, 0.3) is 0 Å². The summed E-state index contributed by atoms with van der Waals surface area (Å²) in [6.07, 6.45) is -16.8. The maximum Gasteiger partial charge on any atom is 0.573 e. The number of fused-ring (bicyclic) bond motifs is 1. The van der Waals surface area contributed by atoms with Crippen molar-refractivity contribution in [3.8, 4) is 5.75 Å². The minimum Gasteiger partial charge on any atom is -0.465 e. The van der Waals surface area contributed by atoms with E-state index in [1.807, 2.05) is 0 Å². The van der Waals surface area contributed by atoms with Crippen molar-refractivity contribution in [1.82, 2.24) is 4.90 Å². The predicted octanol–water partition coefficient (Wildman–Crippen LogP) is 7.30. The molecule has 2 aromatic carbocycles. The lowest BCUT2D eigenvalue weighted by Crippen LogP contribution is -2.33. The number of hydrogen-bond donors (Lipinski definition) is 1. The second-order valence-corrected chi connectivity index (χ2v) is 8.88. The van der Waals surface area contributed by atoms with Crippen LogP contribution in [-0.2, 0) is 23.7 Å². The molecule has 0 fully saturated rings. The van der Waals surface area contributed by atoms with Crippen molar-refractivity contribution in [1.29, 1.82) is 0 Å². The third kappa shape index (κ3) is 7.06. The van der Waals surface area contributed by atoms with Crippen molar-refractivity contribution in [3.05, 3.63) is 58.1 Å². The first kappa shape index (κ1) is 29.9. The molecule has 0 bridgehead atoms. The van der Waals surface area contributed by atoms with E-state index in [1.54, 1.807) is 0 Å². The first-order chi connectivity index (χ1) is 17.8. The summed E-state index contributed by atoms with van der Waals surface area (Å²) in [6, 6.07) is 1.78. The van der Waals surface area contributed by atoms with E-state index in [1.165, 1.54) is 6.92 Å². The van der Waals surface area contributed by atoms with E-state index >= 15 is 0 Å². The predicted molar refractivity (Wildman–Crippen MR) is 118 cm³/mol. The molecule has 1 atom stereocenters. The maximum absolute atomic E-state index is 13.4. The largest absolute Gasteiger partial charge is 0.573 e. The standard InChI is InChI=1S/C24H21F9N2O4/c1-12-6-17-18(4-3-5-34(21(37)38)19(17)10-20(12)39-24(31,32)33)35(13(2)36)11-14-7-15(22(25,26)27)9-16(8-14)23(28,29)30/h6-10,18H,3-5,11H2,1-2H3,(H,37,38). The lowest BCUT2D eigenvalue weighted by Gasteiger charge is -2.33. The Labute approximate surface area is 215 Å². The Kier molecular flexibility index (Phi) is 8.04. The van der Waals surface area contributed by atoms with Gasteiger partial charge in [-0.25, -0.2) is 4.79 Å². The summed E-state index contributed by atoms with van der Waals surface area (Å²) in [5, 5.41) is 9.65. The zero-order valence-corrected chi connectivity index (χ0v) is 20.3. The third-order valence-corrected chi connectivity index (χ3v) is 6.07. The molecule has 214 valence electrons. The van der Waals surface area contributed by atoms with Gasteiger partial charge in [-0.05, 0) is 60.7 Å². The summed E-state index contributed by atoms with van der Waals surface area (Å²) in [7, 11) is 0. The van der Waals surface area contributed by atoms with Crippen molar-refractivity contribution < 1.29 is 58.9 Å². The third-order valence-electron chi connectivity index (χ3n) is 6.07. The number of anilines is 1. The molecule has 0 radical (unpaired) electrons. The summed E-state index contributed by atoms with van der Waals surface area (Å²) < 4.78 is 123. The number of alkyl halides is 9. The van der Waals surface area contributed by atoms with E-state index in [9.17, 15) is 54.2 Å². The molecule has 0 saturated heterocycles. The molecular formula is C24H21F9N2O4. The number of halogens is 9. The smallest absolute Gasteiger partial charge is 0.465 e. The van der Waals surface area contributed by atoms with Crippen molar-refractivity contribution in [3.63, 3.8) is 0 Å². The van der Waals surface area contributed by atoms with Crippen LogP contribution >= 0.6 is 0 Å². The van der Waals surface area contributed by atoms with Crippen LogP contribution in [-0.4, -0.2) is 34.9 Å². The van der Waals surface area contributed by atoms with Gasteiger partial charge in [-0.3, -0.25) is 9.69 Å². The fourth-order valence-corrected chi connectivity index (χ4v) is 4.42. The van der Waals surface area contributed by atoms with Crippen molar-refractivity contribution in [2.45, 2.75) is 58.0 Å². The first-order valence-corrected chi connectivity index (χ1v) is 11.2. The lowest BCUT2D eigenvalue weighted by atomic mass is 9.96. The summed E-state index contributed by atoms with van der Waals surface area (Å²) in [5.74, 6) is -1.48. The monoisotopic (exact) mass is 572 g/mol. The Bertz CT molecular complexity index is 1220. The van der Waals surface area contributed by atoms with Crippen LogP contribution < -0.4 is 9.64 Å². The van der Waals surface area contributed by atoms with Gasteiger partial charge >= 0.3 is 24.8 Å². The molecule has 15 heteroatoms. The molecule has 0 aromatic heterocycles. The Morgan fingerprint density at radius 3 is 2.00 bits per heavy atom. The lowest BCUT2D eigenvalue weighted by molar-refractivity contribution is -0.274. The highest BCUT2D eigenvalue weighted by Gasteiger charge is 2.39. The number of ether oxygens (including phenoxy) is 1. The highest BCUT2D eigenvalue weighted by Crippen LogP contribution is 2.43. The van der Waals surface area contributed by atoms with Crippen molar-refractivity contribution in [2.75, 3.05) is 11.4 Å². The highest BCUT2D eigenvalue weighted by molar-refractivity contribution is 5.88. The molecular weight excluding hydrogens is 551 g/mol. The second kappa shape index (κ2) is 10.5. The molecule has 1 aliphatic rings. The molecule has 1 heterocycles. The Balaban J connectivity index is 2.16. The number of nitrogens with zero attached hydrogens (tertiary/aromatic N) is 2. The van der Waals surface area contributed by atoms with Gasteiger partial charge in [0.2, 0.25) is 5.91 Å². The molecule has 2 amide bonds. The normalized spacial score (nSPS) is 16.4. The van der Waals surface area contributed by atoms with E-state index in [2.05, 4.69) is 4.74 Å². The number of benzene rings is 2. The van der Waals surface area contributed by atoms with Gasteiger partial charge in [0.15, 0.2) is 0 Å². The molecule has 0 spiro atoms. The quantitative estimate of drug-likeness (QED) is 0.391. The van der Waals surface area contributed by atoms with Crippen molar-refractivity contribution in [2.24, 2.45) is 0 Å². The van der Waals surface area contributed by atoms with Gasteiger partial charge in [0.1, 0.15) is 5.75 Å². The Hall–Kier alpha value is -3.65. The van der Waals surface area contributed by atoms with Crippen LogP contribution in [0.5, 0.6) is 5.75 Å². The number of rotatable bonds is 4. The van der Waals surface area contributed by atoms with Gasteiger partial charge in [-0.2, -0.15) is 26.3 Å². The van der Waals surface area contributed by atoms with Crippen LogP contribution in [0.3, 0.4) is 0 Å². The minimum atomic E-state index is -5.13. The van der Waals surface area contributed by atoms with E-state index in [0.29, 0.717) is 12.1 Å². The average Bonchev–Trinajstić information content (AvgIpc) is 2.94. The minimum absolute atomic E-state index is 0.0143. The Morgan fingerprint density at radius 1 is 0.974 bits per heavy atom. The van der Waals surface area contributed by atoms with Gasteiger partial charge in [-0.1, -0.05) is 0 Å². The van der Waals surface area contributed by atoms with E-state index in [0.717, 1.165) is 28.9 Å². The number of aryl methyl sites for hydroxylation is 1. The van der Waals surface area contributed by atoms with Crippen LogP contribution in [0.2, 0.25) is 0 Å². The topological polar surface area (TPSA) is 70.1 Å². The van der Waals surface area contributed by atoms with Gasteiger partial charge < -0.3 is 14.7 Å². The number of hydrogen-bond acceptors (Lipinski definition) is 3. The molecule has 1 aliphatic heterocycles. The van der Waals surface area contributed by atoms with Crippen LogP contribution in [0.4, 0.5) is 50.0 Å². The molecule has 0 saturated carbocycles. The van der Waals surface area contributed by atoms with Gasteiger partial charge in [0, 0.05) is 26.1 Å². The van der Waals surface area contributed by atoms with Crippen LogP contribution in [0.15, 0.2) is 30.3 Å². The molecule has 0 aliphatic carbocycles. The molecule has 2 aromatic rings. The van der Waals surface area contributed by atoms with Crippen LogP contribution in [0, 0.1) is 6.92 Å². The first-order valence-electron chi connectivity index (χ1n) is 11.2. The van der Waals surface area contributed by atoms with Gasteiger partial charge in [0.25, 0.3) is 0 Å². The summed E-state index contributed by atoms with van der Waals surface area (Å²) in [6.45, 7) is 1.32. The summed E-state index contributed by atoms with van der Waals surface area (Å²) in [5.41, 5.74) is -3.98. The van der Waals surface area contributed by atoms with Crippen LogP contribution in [0.1, 0.15) is 53.6 Å². The number of carbonyl (C=O) groups is 2. The van der Waals surface area contributed by atoms with E-state index in [4.69, 9.17) is 0 Å². The highest BCUT2D eigenvalue weighted by atomic mass is 19.4. The molecule has 3 rings (SSSR count). The fraction of sp³-hybridized carbons (Fsp3) is 0.417. The number of amides is 2. The Morgan fingerprint density at radius 2 is 1.54 bits per heavy atom. The average molecular weight is 572 g/mol. The zero-order valence-electron chi connectivity index (χ0n) is 20.3. The summed E-state index contributed by atoms with van der Waals surface area (Å²) in [4.78, 5) is 26.3. The van der Waals surface area contributed by atoms with E-state index < -0.39 is 65.7 Å². The second-order valence-electron chi connectivity index (χ2n) is 8.88. The maximum atomic E-state index is 13.4. The van der Waals surface area contributed by atoms with Crippen molar-refractivity contribution >= 4 is 17.7 Å². The zero-order chi connectivity index (χ0) is 29.5. The summed E-state index contributed by atoms with van der Waals surface area (Å²) >= 11 is 0. The van der Waals surface area contributed by atoms with Gasteiger partial charge in [-0.15, -0.1) is 13.2 Å². The van der Waals surface area contributed by atoms with Gasteiger partial charge in [0.05, 0.1) is 22.9 Å². The number of carboxylic acid groups (broad SMARTS) is 1. The fourth-order valence-electron chi connectivity index (χ4n) is 4.42. The number of carbonyl (C=O) groups excluding carboxylic acids is 1. The SMILES string of the molecule is CC(=O)N(Cc1cc(C(F)(F)F)cc(C(F)(F)F)c1)C1CCCN(C(=O)O)c2cc(OC(F)(F)F)c(C)cc21. The molecule has 39 heavy (non-hydrogen) atoms.